The molecule has 1 atom stereocenters. The molecule has 94 valence electrons. The molecule has 18 heavy (non-hydrogen) atoms. The zero-order valence-electron chi connectivity index (χ0n) is 10.0. The summed E-state index contributed by atoms with van der Waals surface area (Å²) in [4.78, 5) is 4.03. The molecule has 0 saturated heterocycles. The second kappa shape index (κ2) is 5.23. The Balaban J connectivity index is 2.19. The molecule has 2 rings (SSSR count). The van der Waals surface area contributed by atoms with Crippen molar-refractivity contribution in [3.05, 3.63) is 65.0 Å². The summed E-state index contributed by atoms with van der Waals surface area (Å²) in [5, 5.41) is 0. The molecule has 0 amide bonds. The average Bonchev–Trinajstić information content (AvgIpc) is 2.34. The molecule has 1 aromatic carbocycles. The molecule has 0 spiro atoms. The number of hydrogen-bond donors (Lipinski definition) is 1. The highest BCUT2D eigenvalue weighted by Crippen LogP contribution is 2.19. The zero-order chi connectivity index (χ0) is 13.1. The molecule has 2 aromatic rings. The summed E-state index contributed by atoms with van der Waals surface area (Å²) in [6, 6.07) is 5.45. The number of nitrogens with zero attached hydrogens (tertiary/aromatic N) is 1. The fraction of sp³-hybridized carbons (Fsp3) is 0.214. The number of nitrogens with two attached hydrogens (primary N) is 1. The number of hydrogen-bond acceptors (Lipinski definition) is 2. The lowest BCUT2D eigenvalue weighted by Crippen LogP contribution is -2.15. The maximum atomic E-state index is 13.1. The van der Waals surface area contributed by atoms with E-state index in [0.717, 1.165) is 17.2 Å². The molecule has 0 bridgehead atoms. The van der Waals surface area contributed by atoms with E-state index in [0.29, 0.717) is 12.0 Å². The van der Waals surface area contributed by atoms with Crippen LogP contribution in [0.4, 0.5) is 8.78 Å². The number of aryl methyl sites for hydroxylation is 1. The number of rotatable bonds is 3. The van der Waals surface area contributed by atoms with Crippen molar-refractivity contribution >= 4 is 0 Å². The van der Waals surface area contributed by atoms with Crippen molar-refractivity contribution in [2.45, 2.75) is 19.4 Å². The van der Waals surface area contributed by atoms with E-state index in [1.807, 2.05) is 13.0 Å². The number of aromatic nitrogens is 1. The van der Waals surface area contributed by atoms with Crippen LogP contribution in [0.1, 0.15) is 22.7 Å². The predicted molar refractivity (Wildman–Crippen MR) is 66.0 cm³/mol. The molecule has 0 saturated carbocycles. The summed E-state index contributed by atoms with van der Waals surface area (Å²) in [6.07, 6.45) is 3.85. The number of benzene rings is 1. The maximum Gasteiger partial charge on any atom is 0.159 e. The Morgan fingerprint density at radius 1 is 1.22 bits per heavy atom. The van der Waals surface area contributed by atoms with Gasteiger partial charge in [-0.05, 0) is 48.2 Å². The normalized spacial score (nSPS) is 12.4. The summed E-state index contributed by atoms with van der Waals surface area (Å²) in [5.41, 5.74) is 8.69. The second-order valence-electron chi connectivity index (χ2n) is 4.29. The van der Waals surface area contributed by atoms with Gasteiger partial charge < -0.3 is 5.73 Å². The van der Waals surface area contributed by atoms with Gasteiger partial charge in [-0.3, -0.25) is 4.98 Å². The quantitative estimate of drug-likeness (QED) is 0.907. The van der Waals surface area contributed by atoms with Crippen LogP contribution >= 0.6 is 0 Å². The van der Waals surface area contributed by atoms with E-state index in [1.54, 1.807) is 18.5 Å². The molecular weight excluding hydrogens is 234 g/mol. The molecule has 1 heterocycles. The fourth-order valence-electron chi connectivity index (χ4n) is 1.89. The highest BCUT2D eigenvalue weighted by atomic mass is 19.2. The first-order chi connectivity index (χ1) is 8.58. The SMILES string of the molecule is Cc1ccncc1C(N)Cc1ccc(F)c(F)c1. The van der Waals surface area contributed by atoms with Crippen LogP contribution < -0.4 is 5.73 Å². The van der Waals surface area contributed by atoms with E-state index in [9.17, 15) is 8.78 Å². The molecule has 2 nitrogen and oxygen atoms in total. The minimum atomic E-state index is -0.845. The molecule has 0 aliphatic heterocycles. The van der Waals surface area contributed by atoms with Gasteiger partial charge in [0.1, 0.15) is 0 Å². The summed E-state index contributed by atoms with van der Waals surface area (Å²) < 4.78 is 25.9. The van der Waals surface area contributed by atoms with Gasteiger partial charge in [-0.15, -0.1) is 0 Å². The third kappa shape index (κ3) is 2.71. The standard InChI is InChI=1S/C14H14F2N2/c1-9-4-5-18-8-11(9)14(17)7-10-2-3-12(15)13(16)6-10/h2-6,8,14H,7,17H2,1H3. The lowest BCUT2D eigenvalue weighted by Gasteiger charge is -2.14. The van der Waals surface area contributed by atoms with Crippen molar-refractivity contribution in [1.29, 1.82) is 0 Å². The molecular formula is C14H14F2N2. The Morgan fingerprint density at radius 2 is 2.00 bits per heavy atom. The van der Waals surface area contributed by atoms with Gasteiger partial charge in [0.15, 0.2) is 11.6 Å². The maximum absolute atomic E-state index is 13.1. The van der Waals surface area contributed by atoms with Gasteiger partial charge in [0, 0.05) is 18.4 Å². The minimum absolute atomic E-state index is 0.274. The Kier molecular flexibility index (Phi) is 3.67. The van der Waals surface area contributed by atoms with Gasteiger partial charge in [-0.2, -0.15) is 0 Å². The molecule has 0 radical (unpaired) electrons. The van der Waals surface area contributed by atoms with Crippen LogP contribution in [0.5, 0.6) is 0 Å². The van der Waals surface area contributed by atoms with Crippen LogP contribution in [-0.2, 0) is 6.42 Å². The van der Waals surface area contributed by atoms with E-state index in [-0.39, 0.29) is 6.04 Å². The first-order valence-corrected chi connectivity index (χ1v) is 5.68. The first-order valence-electron chi connectivity index (χ1n) is 5.68. The van der Waals surface area contributed by atoms with Crippen molar-refractivity contribution in [1.82, 2.24) is 4.98 Å². The van der Waals surface area contributed by atoms with Gasteiger partial charge in [0.05, 0.1) is 0 Å². The largest absolute Gasteiger partial charge is 0.324 e. The van der Waals surface area contributed by atoms with E-state index in [4.69, 9.17) is 5.73 Å². The summed E-state index contributed by atoms with van der Waals surface area (Å²) >= 11 is 0. The molecule has 0 fully saturated rings. The Labute approximate surface area is 104 Å². The first kappa shape index (κ1) is 12.6. The van der Waals surface area contributed by atoms with Crippen molar-refractivity contribution in [2.75, 3.05) is 0 Å². The van der Waals surface area contributed by atoms with Crippen LogP contribution in [0.3, 0.4) is 0 Å². The van der Waals surface area contributed by atoms with Crippen molar-refractivity contribution < 1.29 is 8.78 Å². The molecule has 1 unspecified atom stereocenters. The van der Waals surface area contributed by atoms with Gasteiger partial charge in [-0.1, -0.05) is 6.07 Å². The highest BCUT2D eigenvalue weighted by Gasteiger charge is 2.11. The lowest BCUT2D eigenvalue weighted by atomic mass is 9.98. The topological polar surface area (TPSA) is 38.9 Å². The van der Waals surface area contributed by atoms with Crippen LogP contribution in [0.2, 0.25) is 0 Å². The van der Waals surface area contributed by atoms with Crippen LogP contribution in [0.25, 0.3) is 0 Å². The Bertz CT molecular complexity index is 555. The lowest BCUT2D eigenvalue weighted by molar-refractivity contribution is 0.506. The van der Waals surface area contributed by atoms with Crippen LogP contribution in [0, 0.1) is 18.6 Å². The average molecular weight is 248 g/mol. The van der Waals surface area contributed by atoms with Crippen molar-refractivity contribution in [2.24, 2.45) is 5.73 Å². The Hall–Kier alpha value is -1.81. The van der Waals surface area contributed by atoms with E-state index < -0.39 is 11.6 Å². The zero-order valence-corrected chi connectivity index (χ0v) is 10.0. The summed E-state index contributed by atoms with van der Waals surface area (Å²) in [6.45, 7) is 1.95. The highest BCUT2D eigenvalue weighted by molar-refractivity contribution is 5.27. The third-order valence-corrected chi connectivity index (χ3v) is 2.92. The monoisotopic (exact) mass is 248 g/mol. The smallest absolute Gasteiger partial charge is 0.159 e. The molecule has 0 aliphatic carbocycles. The van der Waals surface area contributed by atoms with Crippen molar-refractivity contribution in [3.63, 3.8) is 0 Å². The van der Waals surface area contributed by atoms with E-state index in [1.165, 1.54) is 6.07 Å². The van der Waals surface area contributed by atoms with Gasteiger partial charge in [-0.25, -0.2) is 8.78 Å². The summed E-state index contributed by atoms with van der Waals surface area (Å²) in [5.74, 6) is -1.69. The predicted octanol–water partition coefficient (Wildman–Crippen LogP) is 2.91. The van der Waals surface area contributed by atoms with Gasteiger partial charge in [0.25, 0.3) is 0 Å². The van der Waals surface area contributed by atoms with E-state index in [2.05, 4.69) is 4.98 Å². The molecule has 4 heteroatoms. The number of halogens is 2. The fourth-order valence-corrected chi connectivity index (χ4v) is 1.89. The minimum Gasteiger partial charge on any atom is -0.324 e. The van der Waals surface area contributed by atoms with E-state index >= 15 is 0 Å². The number of pyridine rings is 1. The molecule has 1 aromatic heterocycles. The Morgan fingerprint density at radius 3 is 2.67 bits per heavy atom. The van der Waals surface area contributed by atoms with Gasteiger partial charge in [0.2, 0.25) is 0 Å². The second-order valence-corrected chi connectivity index (χ2v) is 4.29. The van der Waals surface area contributed by atoms with Crippen molar-refractivity contribution in [3.8, 4) is 0 Å². The third-order valence-electron chi connectivity index (χ3n) is 2.92. The van der Waals surface area contributed by atoms with Crippen LogP contribution in [-0.4, -0.2) is 4.98 Å². The summed E-state index contributed by atoms with van der Waals surface area (Å²) in [7, 11) is 0. The van der Waals surface area contributed by atoms with Crippen LogP contribution in [0.15, 0.2) is 36.7 Å². The van der Waals surface area contributed by atoms with Gasteiger partial charge >= 0.3 is 0 Å². The molecule has 0 aliphatic rings. The molecule has 2 N–H and O–H groups in total.